The second-order valence-electron chi connectivity index (χ2n) is 5.89. The van der Waals surface area contributed by atoms with E-state index in [9.17, 15) is 4.79 Å². The number of halogens is 2. The minimum Gasteiger partial charge on any atom is -0.486 e. The first-order valence-electron chi connectivity index (χ1n) is 7.88. The minimum atomic E-state index is 0. The summed E-state index contributed by atoms with van der Waals surface area (Å²) in [6.45, 7) is 5.59. The van der Waals surface area contributed by atoms with Gasteiger partial charge in [0.25, 0.3) is 0 Å². The van der Waals surface area contributed by atoms with Crippen molar-refractivity contribution in [3.05, 3.63) is 22.2 Å². The van der Waals surface area contributed by atoms with Gasteiger partial charge in [-0.1, -0.05) is 15.9 Å². The summed E-state index contributed by atoms with van der Waals surface area (Å²) in [5.41, 5.74) is 1.09. The monoisotopic (exact) mass is 419 g/mol. The summed E-state index contributed by atoms with van der Waals surface area (Å²) < 4.78 is 12.2. The van der Waals surface area contributed by atoms with Crippen LogP contribution in [0.5, 0.6) is 11.5 Å². The molecule has 1 fully saturated rings. The minimum absolute atomic E-state index is 0. The molecule has 1 saturated heterocycles. The van der Waals surface area contributed by atoms with Gasteiger partial charge in [0.05, 0.1) is 6.54 Å². The number of piperazine rings is 1. The maximum atomic E-state index is 12.3. The number of nitrogens with zero attached hydrogens (tertiary/aromatic N) is 2. The molecule has 8 heteroatoms. The molecule has 24 heavy (non-hydrogen) atoms. The lowest BCUT2D eigenvalue weighted by atomic mass is 10.2. The van der Waals surface area contributed by atoms with Crippen molar-refractivity contribution in [3.8, 4) is 11.5 Å². The van der Waals surface area contributed by atoms with Crippen LogP contribution in [0.3, 0.4) is 0 Å². The molecule has 2 aliphatic rings. The van der Waals surface area contributed by atoms with Crippen LogP contribution in [0.15, 0.2) is 16.6 Å². The fraction of sp³-hybridized carbons (Fsp3) is 0.562. The molecule has 0 atom stereocenters. The molecule has 1 amide bonds. The highest BCUT2D eigenvalue weighted by Crippen LogP contribution is 2.35. The van der Waals surface area contributed by atoms with Crippen LogP contribution in [0, 0.1) is 0 Å². The van der Waals surface area contributed by atoms with Gasteiger partial charge in [-0.15, -0.1) is 12.4 Å². The maximum absolute atomic E-state index is 12.3. The molecule has 0 aromatic heterocycles. The zero-order chi connectivity index (χ0) is 16.2. The first-order valence-corrected chi connectivity index (χ1v) is 8.68. The Bertz CT molecular complexity index is 582. The standard InChI is InChI=1S/C16H22BrN3O3.ClH/c1-19(11-16(21)20-4-2-18-3-5-20)10-12-8-14-15(9-13(12)17)23-7-6-22-14;/h8-9,18H,2-7,10-11H2,1H3;1H. The average molecular weight is 421 g/mol. The molecule has 2 heterocycles. The van der Waals surface area contributed by atoms with Gasteiger partial charge in [0.1, 0.15) is 13.2 Å². The highest BCUT2D eigenvalue weighted by atomic mass is 79.9. The van der Waals surface area contributed by atoms with Gasteiger partial charge in [-0.3, -0.25) is 9.69 Å². The Hall–Kier alpha value is -1.02. The summed E-state index contributed by atoms with van der Waals surface area (Å²) in [6.07, 6.45) is 0. The van der Waals surface area contributed by atoms with Gasteiger partial charge in [0.15, 0.2) is 11.5 Å². The van der Waals surface area contributed by atoms with E-state index >= 15 is 0 Å². The van der Waals surface area contributed by atoms with E-state index in [0.717, 1.165) is 47.7 Å². The van der Waals surface area contributed by atoms with Crippen molar-refractivity contribution in [2.75, 3.05) is 53.0 Å². The first-order chi connectivity index (χ1) is 11.1. The fourth-order valence-corrected chi connectivity index (χ4v) is 3.27. The third-order valence-electron chi connectivity index (χ3n) is 4.03. The number of hydrogen-bond donors (Lipinski definition) is 1. The van der Waals surface area contributed by atoms with Crippen LogP contribution in [0.1, 0.15) is 5.56 Å². The SMILES string of the molecule is CN(CC(=O)N1CCNCC1)Cc1cc2c(cc1Br)OCCO2.Cl. The van der Waals surface area contributed by atoms with Gasteiger partial charge in [-0.25, -0.2) is 0 Å². The van der Waals surface area contributed by atoms with Crippen molar-refractivity contribution in [2.24, 2.45) is 0 Å². The second kappa shape index (κ2) is 8.89. The van der Waals surface area contributed by atoms with E-state index in [0.29, 0.717) is 26.3 Å². The smallest absolute Gasteiger partial charge is 0.236 e. The predicted molar refractivity (Wildman–Crippen MR) is 98.2 cm³/mol. The van der Waals surface area contributed by atoms with Crippen molar-refractivity contribution in [1.29, 1.82) is 0 Å². The van der Waals surface area contributed by atoms with E-state index in [-0.39, 0.29) is 18.3 Å². The summed E-state index contributed by atoms with van der Waals surface area (Å²) in [7, 11) is 1.96. The lowest BCUT2D eigenvalue weighted by Gasteiger charge is -2.29. The molecule has 0 spiro atoms. The number of likely N-dealkylation sites (N-methyl/N-ethyl adjacent to an activating group) is 1. The number of amides is 1. The van der Waals surface area contributed by atoms with E-state index in [2.05, 4.69) is 21.2 Å². The van der Waals surface area contributed by atoms with Crippen LogP contribution in [0.4, 0.5) is 0 Å². The summed E-state index contributed by atoms with van der Waals surface area (Å²) in [5.74, 6) is 1.73. The number of rotatable bonds is 4. The van der Waals surface area contributed by atoms with Crippen molar-refractivity contribution in [3.63, 3.8) is 0 Å². The van der Waals surface area contributed by atoms with Gasteiger partial charge in [0.2, 0.25) is 5.91 Å². The lowest BCUT2D eigenvalue weighted by Crippen LogP contribution is -2.49. The number of carbonyl (C=O) groups is 1. The van der Waals surface area contributed by atoms with Crippen LogP contribution in [0.2, 0.25) is 0 Å². The molecule has 1 N–H and O–H groups in total. The molecule has 0 bridgehead atoms. The number of nitrogens with one attached hydrogen (secondary N) is 1. The van der Waals surface area contributed by atoms with Crippen LogP contribution in [-0.2, 0) is 11.3 Å². The van der Waals surface area contributed by atoms with Gasteiger partial charge < -0.3 is 19.7 Å². The molecular formula is C16H23BrClN3O3. The molecule has 0 unspecified atom stereocenters. The van der Waals surface area contributed by atoms with Gasteiger partial charge in [0, 0.05) is 37.2 Å². The number of benzene rings is 1. The maximum Gasteiger partial charge on any atom is 0.236 e. The first kappa shape index (κ1) is 19.3. The van der Waals surface area contributed by atoms with Gasteiger partial charge >= 0.3 is 0 Å². The van der Waals surface area contributed by atoms with Crippen molar-refractivity contribution in [1.82, 2.24) is 15.1 Å². The molecule has 3 rings (SSSR count). The topological polar surface area (TPSA) is 54.0 Å². The van der Waals surface area contributed by atoms with Crippen molar-refractivity contribution in [2.45, 2.75) is 6.54 Å². The Kier molecular flexibility index (Phi) is 7.16. The van der Waals surface area contributed by atoms with Crippen LogP contribution >= 0.6 is 28.3 Å². The van der Waals surface area contributed by atoms with Crippen molar-refractivity contribution < 1.29 is 14.3 Å². The summed E-state index contributed by atoms with van der Waals surface area (Å²) in [4.78, 5) is 16.3. The molecule has 134 valence electrons. The van der Waals surface area contributed by atoms with Crippen LogP contribution < -0.4 is 14.8 Å². The molecule has 1 aromatic rings. The Balaban J connectivity index is 0.00000208. The summed E-state index contributed by atoms with van der Waals surface area (Å²) in [6, 6.07) is 3.93. The Morgan fingerprint density at radius 1 is 1.25 bits per heavy atom. The van der Waals surface area contributed by atoms with E-state index in [1.807, 2.05) is 29.0 Å². The molecule has 1 aromatic carbocycles. The van der Waals surface area contributed by atoms with E-state index in [1.165, 1.54) is 0 Å². The molecular weight excluding hydrogens is 398 g/mol. The van der Waals surface area contributed by atoms with E-state index in [1.54, 1.807) is 0 Å². The quantitative estimate of drug-likeness (QED) is 0.800. The van der Waals surface area contributed by atoms with Crippen molar-refractivity contribution >= 4 is 34.2 Å². The van der Waals surface area contributed by atoms with Gasteiger partial charge in [-0.2, -0.15) is 0 Å². The van der Waals surface area contributed by atoms with E-state index in [4.69, 9.17) is 9.47 Å². The molecule has 6 nitrogen and oxygen atoms in total. The summed E-state index contributed by atoms with van der Waals surface area (Å²) >= 11 is 3.58. The average Bonchev–Trinajstić information content (AvgIpc) is 2.56. The molecule has 0 aliphatic carbocycles. The number of carbonyl (C=O) groups excluding carboxylic acids is 1. The third kappa shape index (κ3) is 4.75. The Labute approximate surface area is 157 Å². The third-order valence-corrected chi connectivity index (χ3v) is 4.76. The normalized spacial score (nSPS) is 16.7. The lowest BCUT2D eigenvalue weighted by molar-refractivity contribution is -0.132. The van der Waals surface area contributed by atoms with Crippen LogP contribution in [-0.4, -0.2) is 68.7 Å². The molecule has 0 radical (unpaired) electrons. The zero-order valence-electron chi connectivity index (χ0n) is 13.7. The second-order valence-corrected chi connectivity index (χ2v) is 6.74. The molecule has 0 saturated carbocycles. The molecule has 2 aliphatic heterocycles. The highest BCUT2D eigenvalue weighted by Gasteiger charge is 2.19. The largest absolute Gasteiger partial charge is 0.486 e. The number of hydrogen-bond acceptors (Lipinski definition) is 5. The zero-order valence-corrected chi connectivity index (χ0v) is 16.1. The fourth-order valence-electron chi connectivity index (χ4n) is 2.82. The number of fused-ring (bicyclic) bond motifs is 1. The predicted octanol–water partition coefficient (Wildman–Crippen LogP) is 1.51. The highest BCUT2D eigenvalue weighted by molar-refractivity contribution is 9.10. The Morgan fingerprint density at radius 3 is 2.54 bits per heavy atom. The van der Waals surface area contributed by atoms with Gasteiger partial charge in [-0.05, 0) is 24.7 Å². The Morgan fingerprint density at radius 2 is 1.88 bits per heavy atom. The number of ether oxygens (including phenoxy) is 2. The summed E-state index contributed by atoms with van der Waals surface area (Å²) in [5, 5.41) is 3.26. The van der Waals surface area contributed by atoms with E-state index < -0.39 is 0 Å². The van der Waals surface area contributed by atoms with Crippen LogP contribution in [0.25, 0.3) is 0 Å².